The smallest absolute Gasteiger partial charge is 0.109 e. The summed E-state index contributed by atoms with van der Waals surface area (Å²) in [7, 11) is 2.09. The zero-order valence-electron chi connectivity index (χ0n) is 10.2. The van der Waals surface area contributed by atoms with Crippen molar-refractivity contribution >= 4 is 11.0 Å². The van der Waals surface area contributed by atoms with Crippen LogP contribution in [0, 0.1) is 13.8 Å². The van der Waals surface area contributed by atoms with Gasteiger partial charge in [-0.3, -0.25) is 0 Å². The van der Waals surface area contributed by atoms with Crippen molar-refractivity contribution in [3.63, 3.8) is 0 Å². The fourth-order valence-electron chi connectivity index (χ4n) is 2.13. The molecule has 0 aliphatic heterocycles. The summed E-state index contributed by atoms with van der Waals surface area (Å²) in [4.78, 5) is 4.66. The summed E-state index contributed by atoms with van der Waals surface area (Å²) >= 11 is 0. The van der Waals surface area contributed by atoms with Crippen LogP contribution in [-0.2, 0) is 13.5 Å². The largest absolute Gasteiger partial charge is 0.331 e. The van der Waals surface area contributed by atoms with Gasteiger partial charge < -0.3 is 10.3 Å². The van der Waals surface area contributed by atoms with Gasteiger partial charge in [0.15, 0.2) is 0 Å². The number of aryl methyl sites for hydroxylation is 4. The third-order valence-corrected chi connectivity index (χ3v) is 3.26. The van der Waals surface area contributed by atoms with Crippen LogP contribution in [0.1, 0.15) is 23.4 Å². The van der Waals surface area contributed by atoms with Crippen LogP contribution in [0.4, 0.5) is 0 Å². The minimum absolute atomic E-state index is 0.723. The highest BCUT2D eigenvalue weighted by Crippen LogP contribution is 2.22. The molecule has 1 aromatic heterocycles. The van der Waals surface area contributed by atoms with E-state index >= 15 is 0 Å². The van der Waals surface area contributed by atoms with Crippen LogP contribution in [0.25, 0.3) is 11.0 Å². The van der Waals surface area contributed by atoms with E-state index in [1.807, 2.05) is 0 Å². The van der Waals surface area contributed by atoms with E-state index in [1.165, 1.54) is 16.6 Å². The first-order valence-electron chi connectivity index (χ1n) is 5.76. The molecule has 16 heavy (non-hydrogen) atoms. The topological polar surface area (TPSA) is 43.8 Å². The lowest BCUT2D eigenvalue weighted by atomic mass is 10.1. The lowest BCUT2D eigenvalue weighted by molar-refractivity contribution is 0.740. The quantitative estimate of drug-likeness (QED) is 0.855. The molecule has 0 aliphatic rings. The van der Waals surface area contributed by atoms with E-state index in [2.05, 4.69) is 42.6 Å². The van der Waals surface area contributed by atoms with Crippen LogP contribution in [0.2, 0.25) is 0 Å². The molecule has 0 unspecified atom stereocenters. The zero-order valence-corrected chi connectivity index (χ0v) is 10.2. The van der Waals surface area contributed by atoms with Gasteiger partial charge in [-0.1, -0.05) is 6.07 Å². The molecule has 0 spiro atoms. The van der Waals surface area contributed by atoms with Crippen molar-refractivity contribution in [3.05, 3.63) is 29.1 Å². The molecule has 0 bridgehead atoms. The number of nitrogens with zero attached hydrogens (tertiary/aromatic N) is 2. The number of fused-ring (bicyclic) bond motifs is 1. The van der Waals surface area contributed by atoms with E-state index in [-0.39, 0.29) is 0 Å². The van der Waals surface area contributed by atoms with Gasteiger partial charge >= 0.3 is 0 Å². The first-order valence-corrected chi connectivity index (χ1v) is 5.76. The lowest BCUT2D eigenvalue weighted by Gasteiger charge is -2.05. The van der Waals surface area contributed by atoms with Crippen molar-refractivity contribution in [2.24, 2.45) is 12.8 Å². The van der Waals surface area contributed by atoms with Crippen LogP contribution in [0.15, 0.2) is 12.1 Å². The Morgan fingerprint density at radius 1 is 1.31 bits per heavy atom. The molecule has 3 heteroatoms. The Labute approximate surface area is 96.3 Å². The molecular weight excluding hydrogens is 198 g/mol. The maximum Gasteiger partial charge on any atom is 0.109 e. The molecule has 0 aliphatic carbocycles. The van der Waals surface area contributed by atoms with Gasteiger partial charge in [0.1, 0.15) is 5.82 Å². The van der Waals surface area contributed by atoms with Gasteiger partial charge in [0.25, 0.3) is 0 Å². The predicted octanol–water partition coefficient (Wildman–Crippen LogP) is 2.08. The van der Waals surface area contributed by atoms with Gasteiger partial charge in [-0.05, 0) is 44.0 Å². The Bertz CT molecular complexity index is 511. The van der Waals surface area contributed by atoms with Gasteiger partial charge in [-0.15, -0.1) is 0 Å². The summed E-state index contributed by atoms with van der Waals surface area (Å²) in [5.74, 6) is 1.13. The van der Waals surface area contributed by atoms with E-state index in [4.69, 9.17) is 5.73 Å². The third-order valence-electron chi connectivity index (χ3n) is 3.26. The zero-order chi connectivity index (χ0) is 11.7. The summed E-state index contributed by atoms with van der Waals surface area (Å²) in [5.41, 5.74) is 10.5. The molecule has 0 saturated heterocycles. The molecule has 3 nitrogen and oxygen atoms in total. The Hall–Kier alpha value is -1.35. The van der Waals surface area contributed by atoms with Gasteiger partial charge in [-0.25, -0.2) is 4.98 Å². The second kappa shape index (κ2) is 4.26. The molecule has 86 valence electrons. The van der Waals surface area contributed by atoms with Gasteiger partial charge in [0, 0.05) is 13.5 Å². The normalized spacial score (nSPS) is 11.2. The van der Waals surface area contributed by atoms with Gasteiger partial charge in [0.2, 0.25) is 0 Å². The van der Waals surface area contributed by atoms with Crippen LogP contribution in [0.5, 0.6) is 0 Å². The van der Waals surface area contributed by atoms with E-state index in [1.54, 1.807) is 0 Å². The molecule has 0 amide bonds. The predicted molar refractivity (Wildman–Crippen MR) is 67.6 cm³/mol. The van der Waals surface area contributed by atoms with Crippen molar-refractivity contribution in [2.75, 3.05) is 6.54 Å². The first-order chi connectivity index (χ1) is 7.65. The molecule has 0 atom stereocenters. The highest BCUT2D eigenvalue weighted by atomic mass is 15.1. The molecule has 1 heterocycles. The van der Waals surface area contributed by atoms with Crippen molar-refractivity contribution in [1.29, 1.82) is 0 Å². The molecule has 2 aromatic rings. The second-order valence-corrected chi connectivity index (χ2v) is 4.35. The number of nitrogens with two attached hydrogens (primary N) is 1. The summed E-state index contributed by atoms with van der Waals surface area (Å²) < 4.78 is 2.20. The SMILES string of the molecule is Cc1ccc2nc(CCCN)n(C)c2c1C. The molecule has 2 N–H and O–H groups in total. The monoisotopic (exact) mass is 217 g/mol. The molecular formula is C13H19N3. The van der Waals surface area contributed by atoms with E-state index < -0.39 is 0 Å². The first kappa shape index (κ1) is 11.1. The Balaban J connectivity index is 2.55. The van der Waals surface area contributed by atoms with Gasteiger partial charge in [-0.2, -0.15) is 0 Å². The van der Waals surface area contributed by atoms with Crippen LogP contribution in [-0.4, -0.2) is 16.1 Å². The third kappa shape index (κ3) is 1.71. The number of imidazole rings is 1. The molecule has 0 radical (unpaired) electrons. The number of benzene rings is 1. The summed E-state index contributed by atoms with van der Waals surface area (Å²) in [6.07, 6.45) is 1.95. The minimum Gasteiger partial charge on any atom is -0.331 e. The Kier molecular flexibility index (Phi) is 2.97. The fraction of sp³-hybridized carbons (Fsp3) is 0.462. The lowest BCUT2D eigenvalue weighted by Crippen LogP contribution is -2.04. The van der Waals surface area contributed by atoms with E-state index in [0.717, 1.165) is 30.7 Å². The maximum absolute atomic E-state index is 5.54. The number of aromatic nitrogens is 2. The number of rotatable bonds is 3. The van der Waals surface area contributed by atoms with Gasteiger partial charge in [0.05, 0.1) is 11.0 Å². The van der Waals surface area contributed by atoms with E-state index in [0.29, 0.717) is 0 Å². The van der Waals surface area contributed by atoms with Crippen molar-refractivity contribution in [3.8, 4) is 0 Å². The van der Waals surface area contributed by atoms with Crippen molar-refractivity contribution in [1.82, 2.24) is 9.55 Å². The number of hydrogen-bond donors (Lipinski definition) is 1. The average Bonchev–Trinajstić information content (AvgIpc) is 2.59. The van der Waals surface area contributed by atoms with Crippen LogP contribution < -0.4 is 5.73 Å². The van der Waals surface area contributed by atoms with Crippen LogP contribution >= 0.6 is 0 Å². The summed E-state index contributed by atoms with van der Waals surface area (Å²) in [5, 5.41) is 0. The second-order valence-electron chi connectivity index (χ2n) is 4.35. The maximum atomic E-state index is 5.54. The summed E-state index contributed by atoms with van der Waals surface area (Å²) in [6, 6.07) is 4.24. The standard InChI is InChI=1S/C13H19N3/c1-9-6-7-11-13(10(9)2)16(3)12(15-11)5-4-8-14/h6-7H,4-5,8,14H2,1-3H3. The highest BCUT2D eigenvalue weighted by Gasteiger charge is 2.10. The average molecular weight is 217 g/mol. The minimum atomic E-state index is 0.723. The fourth-order valence-corrected chi connectivity index (χ4v) is 2.13. The highest BCUT2D eigenvalue weighted by molar-refractivity contribution is 5.80. The Morgan fingerprint density at radius 2 is 2.06 bits per heavy atom. The Morgan fingerprint density at radius 3 is 2.75 bits per heavy atom. The van der Waals surface area contributed by atoms with Crippen molar-refractivity contribution in [2.45, 2.75) is 26.7 Å². The van der Waals surface area contributed by atoms with Crippen molar-refractivity contribution < 1.29 is 0 Å². The van der Waals surface area contributed by atoms with Crippen LogP contribution in [0.3, 0.4) is 0 Å². The molecule has 1 aromatic carbocycles. The molecule has 2 rings (SSSR count). The summed E-state index contributed by atoms with van der Waals surface area (Å²) in [6.45, 7) is 5.02. The molecule has 0 saturated carbocycles. The van der Waals surface area contributed by atoms with E-state index in [9.17, 15) is 0 Å². The molecule has 0 fully saturated rings. The number of hydrogen-bond acceptors (Lipinski definition) is 2.